The van der Waals surface area contributed by atoms with E-state index in [0.717, 1.165) is 28.4 Å². The van der Waals surface area contributed by atoms with Gasteiger partial charge in [0.05, 0.1) is 5.52 Å². The molecule has 2 N–H and O–H groups in total. The number of carbonyl (C=O) groups excluding carboxylic acids is 1. The number of aromatic nitrogens is 1. The van der Waals surface area contributed by atoms with E-state index < -0.39 is 5.91 Å². The molecule has 0 unspecified atom stereocenters. The van der Waals surface area contributed by atoms with Crippen LogP contribution in [0.4, 0.5) is 0 Å². The van der Waals surface area contributed by atoms with E-state index in [1.165, 1.54) is 21.9 Å². The highest BCUT2D eigenvalue weighted by Gasteiger charge is 2.16. The Morgan fingerprint density at radius 3 is 2.50 bits per heavy atom. The maximum Gasteiger partial charge on any atom is 0.249 e. The van der Waals surface area contributed by atoms with Gasteiger partial charge in [0.15, 0.2) is 0 Å². The Hall–Kier alpha value is -3.59. The number of hydrogen-bond acceptors (Lipinski definition) is 1. The lowest BCUT2D eigenvalue weighted by atomic mass is 10.1. The van der Waals surface area contributed by atoms with Crippen LogP contribution in [0.3, 0.4) is 0 Å². The summed E-state index contributed by atoms with van der Waals surface area (Å²) >= 11 is 0. The third kappa shape index (κ3) is 2.55. The highest BCUT2D eigenvalue weighted by atomic mass is 16.1. The molecule has 136 valence electrons. The quantitative estimate of drug-likeness (QED) is 0.457. The number of hydrogen-bond donors (Lipinski definition) is 1. The van der Waals surface area contributed by atoms with E-state index in [-0.39, 0.29) is 0 Å². The van der Waals surface area contributed by atoms with Gasteiger partial charge in [0.1, 0.15) is 0 Å². The zero-order chi connectivity index (χ0) is 19.3. The first kappa shape index (κ1) is 16.6. The van der Waals surface area contributed by atoms with Crippen molar-refractivity contribution in [3.63, 3.8) is 0 Å². The maximum absolute atomic E-state index is 12.1. The number of carbonyl (C=O) groups is 1. The normalized spacial score (nSPS) is 11.5. The van der Waals surface area contributed by atoms with Crippen LogP contribution in [0.1, 0.15) is 21.5 Å². The van der Waals surface area contributed by atoms with Gasteiger partial charge in [-0.2, -0.15) is 0 Å². The topological polar surface area (TPSA) is 48.0 Å². The van der Waals surface area contributed by atoms with Crippen LogP contribution in [0, 0.1) is 6.92 Å². The molecule has 1 amide bonds. The summed E-state index contributed by atoms with van der Waals surface area (Å²) in [5, 5.41) is 4.47. The van der Waals surface area contributed by atoms with E-state index in [2.05, 4.69) is 78.2 Å². The minimum Gasteiger partial charge on any atom is -0.366 e. The Kier molecular flexibility index (Phi) is 3.69. The first-order valence-corrected chi connectivity index (χ1v) is 9.41. The summed E-state index contributed by atoms with van der Waals surface area (Å²) in [5.74, 6) is -0.393. The van der Waals surface area contributed by atoms with E-state index in [1.54, 1.807) is 0 Å². The number of fused-ring (bicyclic) bond motifs is 4. The van der Waals surface area contributed by atoms with Gasteiger partial charge in [-0.1, -0.05) is 54.6 Å². The van der Waals surface area contributed by atoms with E-state index in [4.69, 9.17) is 5.73 Å². The molecule has 0 atom stereocenters. The Morgan fingerprint density at radius 1 is 0.857 bits per heavy atom. The Morgan fingerprint density at radius 2 is 1.68 bits per heavy atom. The average molecular weight is 364 g/mol. The fourth-order valence-corrected chi connectivity index (χ4v) is 4.15. The van der Waals surface area contributed by atoms with Gasteiger partial charge in [0.2, 0.25) is 5.91 Å². The molecule has 0 aliphatic heterocycles. The van der Waals surface area contributed by atoms with Gasteiger partial charge in [-0.15, -0.1) is 0 Å². The molecule has 0 aliphatic rings. The van der Waals surface area contributed by atoms with Gasteiger partial charge < -0.3 is 10.3 Å². The predicted molar refractivity (Wildman–Crippen MR) is 116 cm³/mol. The van der Waals surface area contributed by atoms with Crippen LogP contribution in [0.25, 0.3) is 32.6 Å². The summed E-state index contributed by atoms with van der Waals surface area (Å²) in [6.45, 7) is 2.82. The standard InChI is InChI=1S/C25H20N2O/c1-16-9-12-20-23(13-16)27(22-8-4-7-21(24(20)22)25(26)28)15-17-10-11-18-5-2-3-6-19(18)14-17/h2-14H,15H2,1H3,(H2,26,28). The van der Waals surface area contributed by atoms with Gasteiger partial charge in [-0.05, 0) is 53.1 Å². The summed E-state index contributed by atoms with van der Waals surface area (Å²) in [4.78, 5) is 12.1. The van der Waals surface area contributed by atoms with Crippen molar-refractivity contribution in [3.8, 4) is 0 Å². The highest BCUT2D eigenvalue weighted by molar-refractivity contribution is 6.18. The van der Waals surface area contributed by atoms with Crippen molar-refractivity contribution in [3.05, 3.63) is 95.6 Å². The van der Waals surface area contributed by atoms with Gasteiger partial charge in [0, 0.05) is 28.4 Å². The molecule has 0 saturated carbocycles. The van der Waals surface area contributed by atoms with Crippen LogP contribution >= 0.6 is 0 Å². The number of benzene rings is 4. The van der Waals surface area contributed by atoms with Crippen LogP contribution < -0.4 is 5.73 Å². The van der Waals surface area contributed by atoms with Crippen LogP contribution in [0.2, 0.25) is 0 Å². The maximum atomic E-state index is 12.1. The van der Waals surface area contributed by atoms with Gasteiger partial charge >= 0.3 is 0 Å². The molecule has 5 rings (SSSR count). The van der Waals surface area contributed by atoms with Crippen molar-refractivity contribution < 1.29 is 4.79 Å². The molecule has 0 spiro atoms. The molecule has 0 aliphatic carbocycles. The number of nitrogens with two attached hydrogens (primary N) is 1. The van der Waals surface area contributed by atoms with E-state index in [0.29, 0.717) is 5.56 Å². The molecule has 0 radical (unpaired) electrons. The summed E-state index contributed by atoms with van der Waals surface area (Å²) in [6, 6.07) is 27.1. The smallest absolute Gasteiger partial charge is 0.249 e. The van der Waals surface area contributed by atoms with Crippen molar-refractivity contribution in [2.24, 2.45) is 5.73 Å². The van der Waals surface area contributed by atoms with Crippen molar-refractivity contribution >= 4 is 38.5 Å². The van der Waals surface area contributed by atoms with Crippen molar-refractivity contribution in [1.82, 2.24) is 4.57 Å². The molecular weight excluding hydrogens is 344 g/mol. The lowest BCUT2D eigenvalue weighted by molar-refractivity contribution is 0.100. The number of rotatable bonds is 3. The third-order valence-corrected chi connectivity index (χ3v) is 5.47. The average Bonchev–Trinajstić information content (AvgIpc) is 3.01. The minimum absolute atomic E-state index is 0.393. The predicted octanol–water partition coefficient (Wildman–Crippen LogP) is 5.40. The van der Waals surface area contributed by atoms with Crippen molar-refractivity contribution in [1.29, 1.82) is 0 Å². The second-order valence-electron chi connectivity index (χ2n) is 7.35. The summed E-state index contributed by atoms with van der Waals surface area (Å²) < 4.78 is 2.29. The lowest BCUT2D eigenvalue weighted by Gasteiger charge is -2.10. The molecule has 0 saturated heterocycles. The zero-order valence-corrected chi connectivity index (χ0v) is 15.6. The molecule has 3 nitrogen and oxygen atoms in total. The minimum atomic E-state index is -0.393. The SMILES string of the molecule is Cc1ccc2c3c(C(N)=O)cccc3n(Cc3ccc4ccccc4c3)c2c1. The van der Waals surface area contributed by atoms with Crippen LogP contribution in [-0.2, 0) is 6.54 Å². The molecule has 3 heteroatoms. The molecule has 0 bridgehead atoms. The zero-order valence-electron chi connectivity index (χ0n) is 15.6. The first-order valence-electron chi connectivity index (χ1n) is 9.41. The number of amides is 1. The van der Waals surface area contributed by atoms with Crippen molar-refractivity contribution in [2.45, 2.75) is 13.5 Å². The van der Waals surface area contributed by atoms with Gasteiger partial charge in [0.25, 0.3) is 0 Å². The Balaban J connectivity index is 1.78. The van der Waals surface area contributed by atoms with Crippen molar-refractivity contribution in [2.75, 3.05) is 0 Å². The third-order valence-electron chi connectivity index (χ3n) is 5.47. The summed E-state index contributed by atoms with van der Waals surface area (Å²) in [7, 11) is 0. The monoisotopic (exact) mass is 364 g/mol. The summed E-state index contributed by atoms with van der Waals surface area (Å²) in [5.41, 5.74) is 10.8. The summed E-state index contributed by atoms with van der Waals surface area (Å²) in [6.07, 6.45) is 0. The lowest BCUT2D eigenvalue weighted by Crippen LogP contribution is -2.11. The van der Waals surface area contributed by atoms with Crippen LogP contribution in [-0.4, -0.2) is 10.5 Å². The molecular formula is C25H20N2O. The fourth-order valence-electron chi connectivity index (χ4n) is 4.15. The molecule has 1 aromatic heterocycles. The Labute approximate surface area is 163 Å². The van der Waals surface area contributed by atoms with E-state index in [1.807, 2.05) is 12.1 Å². The van der Waals surface area contributed by atoms with E-state index in [9.17, 15) is 4.79 Å². The second-order valence-corrected chi connectivity index (χ2v) is 7.35. The molecule has 1 heterocycles. The fraction of sp³-hybridized carbons (Fsp3) is 0.0800. The second kappa shape index (κ2) is 6.24. The number of aryl methyl sites for hydroxylation is 1. The largest absolute Gasteiger partial charge is 0.366 e. The molecule has 5 aromatic rings. The molecule has 4 aromatic carbocycles. The van der Waals surface area contributed by atoms with E-state index >= 15 is 0 Å². The molecule has 28 heavy (non-hydrogen) atoms. The Bertz CT molecular complexity index is 1380. The van der Waals surface area contributed by atoms with Gasteiger partial charge in [-0.3, -0.25) is 4.79 Å². The molecule has 0 fully saturated rings. The van der Waals surface area contributed by atoms with Crippen LogP contribution in [0.5, 0.6) is 0 Å². The highest BCUT2D eigenvalue weighted by Crippen LogP contribution is 2.33. The van der Waals surface area contributed by atoms with Gasteiger partial charge in [-0.25, -0.2) is 0 Å². The number of nitrogens with zero attached hydrogens (tertiary/aromatic N) is 1. The first-order chi connectivity index (χ1) is 13.6. The number of primary amides is 1. The van der Waals surface area contributed by atoms with Crippen LogP contribution in [0.15, 0.2) is 78.9 Å².